The van der Waals surface area contributed by atoms with Crippen molar-refractivity contribution >= 4 is 17.4 Å². The summed E-state index contributed by atoms with van der Waals surface area (Å²) in [5.74, 6) is 0.578. The van der Waals surface area contributed by atoms with E-state index in [9.17, 15) is 4.79 Å². The Morgan fingerprint density at radius 2 is 1.76 bits per heavy atom. The Morgan fingerprint density at radius 3 is 2.55 bits per heavy atom. The SMILES string of the molecule is O=C(N1CCC(c2ccccc2)CC1)N1CCc2sc(OCCCN3CCCCC3)cc2C1. The first kappa shape index (κ1) is 22.7. The van der Waals surface area contributed by atoms with E-state index in [0.29, 0.717) is 5.92 Å². The fraction of sp³-hybridized carbons (Fsp3) is 0.593. The van der Waals surface area contributed by atoms with E-state index in [1.807, 2.05) is 4.90 Å². The molecule has 33 heavy (non-hydrogen) atoms. The summed E-state index contributed by atoms with van der Waals surface area (Å²) < 4.78 is 6.09. The molecule has 2 amide bonds. The molecule has 178 valence electrons. The van der Waals surface area contributed by atoms with E-state index < -0.39 is 0 Å². The number of fused-ring (bicyclic) bond motifs is 1. The maximum atomic E-state index is 13.2. The van der Waals surface area contributed by atoms with Crippen molar-refractivity contribution in [1.82, 2.24) is 14.7 Å². The molecule has 0 bridgehead atoms. The van der Waals surface area contributed by atoms with Gasteiger partial charge >= 0.3 is 6.03 Å². The summed E-state index contributed by atoms with van der Waals surface area (Å²) in [4.78, 5) is 21.3. The fourth-order valence-corrected chi connectivity index (χ4v) is 6.55. The number of hydrogen-bond donors (Lipinski definition) is 0. The molecule has 2 fully saturated rings. The molecule has 6 heteroatoms. The van der Waals surface area contributed by atoms with Gasteiger partial charge in [-0.15, -0.1) is 11.3 Å². The van der Waals surface area contributed by atoms with Crippen molar-refractivity contribution in [2.24, 2.45) is 0 Å². The van der Waals surface area contributed by atoms with E-state index in [1.165, 1.54) is 48.4 Å². The Balaban J connectivity index is 1.08. The van der Waals surface area contributed by atoms with Gasteiger partial charge in [0, 0.05) is 37.6 Å². The minimum absolute atomic E-state index is 0.211. The number of likely N-dealkylation sites (tertiary alicyclic amines) is 2. The molecule has 1 aromatic heterocycles. The smallest absolute Gasteiger partial charge is 0.320 e. The lowest BCUT2D eigenvalue weighted by molar-refractivity contribution is 0.135. The van der Waals surface area contributed by atoms with Crippen LogP contribution in [0.5, 0.6) is 5.06 Å². The number of carbonyl (C=O) groups excluding carboxylic acids is 1. The fourth-order valence-electron chi connectivity index (χ4n) is 5.51. The lowest BCUT2D eigenvalue weighted by Crippen LogP contribution is -2.47. The largest absolute Gasteiger partial charge is 0.484 e. The summed E-state index contributed by atoms with van der Waals surface area (Å²) in [5.41, 5.74) is 2.69. The van der Waals surface area contributed by atoms with Gasteiger partial charge in [0.15, 0.2) is 5.06 Å². The summed E-state index contributed by atoms with van der Waals surface area (Å²) in [6, 6.07) is 13.1. The Morgan fingerprint density at radius 1 is 0.970 bits per heavy atom. The molecule has 0 spiro atoms. The van der Waals surface area contributed by atoms with Crippen molar-refractivity contribution in [3.05, 3.63) is 52.4 Å². The van der Waals surface area contributed by atoms with Crippen LogP contribution in [-0.2, 0) is 13.0 Å². The van der Waals surface area contributed by atoms with Gasteiger partial charge in [-0.2, -0.15) is 0 Å². The van der Waals surface area contributed by atoms with Crippen LogP contribution >= 0.6 is 11.3 Å². The maximum absolute atomic E-state index is 13.2. The van der Waals surface area contributed by atoms with Gasteiger partial charge in [0.1, 0.15) is 0 Å². The molecule has 4 heterocycles. The number of ether oxygens (including phenoxy) is 1. The topological polar surface area (TPSA) is 36.0 Å². The lowest BCUT2D eigenvalue weighted by Gasteiger charge is -2.37. The molecule has 2 saturated heterocycles. The number of nitrogens with zero attached hydrogens (tertiary/aromatic N) is 3. The van der Waals surface area contributed by atoms with E-state index in [1.54, 1.807) is 11.3 Å². The van der Waals surface area contributed by atoms with Crippen LogP contribution in [0.15, 0.2) is 36.4 Å². The molecule has 2 aromatic rings. The van der Waals surface area contributed by atoms with Crippen molar-refractivity contribution in [2.45, 2.75) is 57.4 Å². The molecule has 5 nitrogen and oxygen atoms in total. The van der Waals surface area contributed by atoms with Crippen LogP contribution in [0.1, 0.15) is 60.4 Å². The molecule has 0 unspecified atom stereocenters. The second-order valence-corrected chi connectivity index (χ2v) is 10.8. The first-order valence-corrected chi connectivity index (χ1v) is 13.6. The molecular weight excluding hydrogens is 430 g/mol. The summed E-state index contributed by atoms with van der Waals surface area (Å²) in [7, 11) is 0. The first-order chi connectivity index (χ1) is 16.3. The van der Waals surface area contributed by atoms with Gasteiger partial charge in [0.25, 0.3) is 0 Å². The summed E-state index contributed by atoms with van der Waals surface area (Å²) in [6.45, 7) is 7.69. The minimum atomic E-state index is 0.211. The highest BCUT2D eigenvalue weighted by Gasteiger charge is 2.29. The van der Waals surface area contributed by atoms with Crippen LogP contribution < -0.4 is 4.74 Å². The Labute approximate surface area is 202 Å². The number of benzene rings is 1. The minimum Gasteiger partial charge on any atom is -0.484 e. The average molecular weight is 468 g/mol. The number of hydrogen-bond acceptors (Lipinski definition) is 4. The van der Waals surface area contributed by atoms with Crippen molar-refractivity contribution < 1.29 is 9.53 Å². The van der Waals surface area contributed by atoms with Crippen LogP contribution in [0.3, 0.4) is 0 Å². The lowest BCUT2D eigenvalue weighted by atomic mass is 9.89. The normalized spacial score (nSPS) is 20.0. The second-order valence-electron chi connectivity index (χ2n) is 9.74. The Hall–Kier alpha value is -2.05. The molecule has 3 aliphatic rings. The average Bonchev–Trinajstić information content (AvgIpc) is 3.29. The Bertz CT molecular complexity index is 901. The van der Waals surface area contributed by atoms with E-state index >= 15 is 0 Å². The predicted octanol–water partition coefficient (Wildman–Crippen LogP) is 5.36. The van der Waals surface area contributed by atoms with E-state index in [2.05, 4.69) is 46.2 Å². The molecule has 0 atom stereocenters. The van der Waals surface area contributed by atoms with Crippen molar-refractivity contribution in [2.75, 3.05) is 45.9 Å². The third-order valence-electron chi connectivity index (χ3n) is 7.46. The van der Waals surface area contributed by atoms with E-state index in [4.69, 9.17) is 4.74 Å². The number of rotatable bonds is 6. The molecule has 0 N–H and O–H groups in total. The van der Waals surface area contributed by atoms with Crippen molar-refractivity contribution in [3.8, 4) is 5.06 Å². The number of amides is 2. The number of thiophene rings is 1. The summed E-state index contributed by atoms with van der Waals surface area (Å²) >= 11 is 1.78. The van der Waals surface area contributed by atoms with Gasteiger partial charge in [-0.1, -0.05) is 36.8 Å². The molecule has 0 aliphatic carbocycles. The number of piperidine rings is 2. The van der Waals surface area contributed by atoms with Crippen LogP contribution in [0.4, 0.5) is 4.79 Å². The van der Waals surface area contributed by atoms with Crippen molar-refractivity contribution in [1.29, 1.82) is 0 Å². The third-order valence-corrected chi connectivity index (χ3v) is 8.61. The van der Waals surface area contributed by atoms with Gasteiger partial charge in [-0.3, -0.25) is 0 Å². The molecule has 5 rings (SSSR count). The third kappa shape index (κ3) is 5.72. The van der Waals surface area contributed by atoms with Crippen molar-refractivity contribution in [3.63, 3.8) is 0 Å². The molecule has 0 saturated carbocycles. The summed E-state index contributed by atoms with van der Waals surface area (Å²) in [6.07, 6.45) is 8.23. The van der Waals surface area contributed by atoms with Gasteiger partial charge in [-0.25, -0.2) is 4.79 Å². The summed E-state index contributed by atoms with van der Waals surface area (Å²) in [5, 5.41) is 1.02. The number of urea groups is 1. The van der Waals surface area contributed by atoms with Gasteiger partial charge in [0.05, 0.1) is 6.61 Å². The monoisotopic (exact) mass is 467 g/mol. The second kappa shape index (κ2) is 10.9. The zero-order valence-electron chi connectivity index (χ0n) is 19.7. The van der Waals surface area contributed by atoms with Crippen LogP contribution in [-0.4, -0.2) is 66.6 Å². The van der Waals surface area contributed by atoms with E-state index in [-0.39, 0.29) is 6.03 Å². The molecule has 3 aliphatic heterocycles. The van der Waals surface area contributed by atoms with Gasteiger partial charge in [0.2, 0.25) is 0 Å². The quantitative estimate of drug-likeness (QED) is 0.537. The molecular formula is C27H37N3O2S. The number of carbonyl (C=O) groups is 1. The highest BCUT2D eigenvalue weighted by molar-refractivity contribution is 7.14. The highest BCUT2D eigenvalue weighted by Crippen LogP contribution is 2.34. The molecule has 0 radical (unpaired) electrons. The van der Waals surface area contributed by atoms with E-state index in [0.717, 1.165) is 70.1 Å². The van der Waals surface area contributed by atoms with Crippen LogP contribution in [0.25, 0.3) is 0 Å². The first-order valence-electron chi connectivity index (χ1n) is 12.8. The van der Waals surface area contributed by atoms with Gasteiger partial charge < -0.3 is 19.4 Å². The Kier molecular flexibility index (Phi) is 7.52. The zero-order chi connectivity index (χ0) is 22.5. The predicted molar refractivity (Wildman–Crippen MR) is 134 cm³/mol. The zero-order valence-corrected chi connectivity index (χ0v) is 20.5. The maximum Gasteiger partial charge on any atom is 0.320 e. The standard InChI is InChI=1S/C27H37N3O2S/c31-27(29-16-10-23(11-17-29)22-8-3-1-4-9-22)30-18-12-25-24(21-30)20-26(33-25)32-19-7-15-28-13-5-2-6-14-28/h1,3-4,8-9,20,23H,2,5-7,10-19,21H2. The van der Waals surface area contributed by atoms with Gasteiger partial charge in [-0.05, 0) is 74.7 Å². The molecule has 1 aromatic carbocycles. The van der Waals surface area contributed by atoms with Crippen LogP contribution in [0, 0.1) is 0 Å². The highest BCUT2D eigenvalue weighted by atomic mass is 32.1. The van der Waals surface area contributed by atoms with Crippen LogP contribution in [0.2, 0.25) is 0 Å².